The number of fused-ring (bicyclic) bond motifs is 1. The van der Waals surface area contributed by atoms with Gasteiger partial charge in [-0.15, -0.1) is 0 Å². The van der Waals surface area contributed by atoms with Gasteiger partial charge in [0.1, 0.15) is 5.60 Å². The van der Waals surface area contributed by atoms with Crippen LogP contribution in [-0.4, -0.2) is 60.5 Å². The second-order valence-corrected chi connectivity index (χ2v) is 12.4. The van der Waals surface area contributed by atoms with Crippen LogP contribution >= 0.6 is 23.4 Å². The second kappa shape index (κ2) is 8.99. The number of benzene rings is 1. The topological polar surface area (TPSA) is 105 Å². The molecule has 0 radical (unpaired) electrons. The molecule has 1 aromatic carbocycles. The third kappa shape index (κ3) is 6.14. The van der Waals surface area contributed by atoms with E-state index in [1.165, 1.54) is 11.8 Å². The Morgan fingerprint density at radius 3 is 2.71 bits per heavy atom. The fraction of sp³-hybridized carbons (Fsp3) is 0.550. The highest BCUT2D eigenvalue weighted by Gasteiger charge is 2.49. The first kappa shape index (κ1) is 23.9. The number of carbonyl (C=O) groups excluding carboxylic acids is 2. The molecule has 11 heteroatoms. The molecule has 2 heterocycles. The average Bonchev–Trinajstić information content (AvgIpc) is 3.06. The van der Waals surface area contributed by atoms with E-state index in [1.54, 1.807) is 32.9 Å². The van der Waals surface area contributed by atoms with Crippen LogP contribution in [-0.2, 0) is 19.4 Å². The number of aryl methyl sites for hydroxylation is 1. The average molecular weight is 488 g/mol. The van der Waals surface area contributed by atoms with Crippen molar-refractivity contribution in [3.63, 3.8) is 0 Å². The third-order valence-electron chi connectivity index (χ3n) is 4.72. The summed E-state index contributed by atoms with van der Waals surface area (Å²) in [5, 5.41) is 3.31. The Morgan fingerprint density at radius 1 is 1.32 bits per heavy atom. The molecule has 0 spiro atoms. The van der Waals surface area contributed by atoms with Gasteiger partial charge in [0.2, 0.25) is 5.91 Å². The number of nitrogens with zero attached hydrogens (tertiary/aromatic N) is 2. The van der Waals surface area contributed by atoms with Crippen molar-refractivity contribution in [2.75, 3.05) is 23.0 Å². The van der Waals surface area contributed by atoms with Gasteiger partial charge in [0.05, 0.1) is 17.5 Å². The lowest BCUT2D eigenvalue weighted by Gasteiger charge is -2.26. The van der Waals surface area contributed by atoms with E-state index in [2.05, 4.69) is 10.3 Å². The number of amides is 2. The van der Waals surface area contributed by atoms with E-state index in [0.29, 0.717) is 10.2 Å². The standard InChI is InChI=1S/C20H26ClN3O5S2/c1-12-5-6-13(21)9-14(12)24-15-10-31(27,28)11-16(15)30-18(24)23-17(25)7-8-22-19(26)29-20(2,3)4/h5-6,9,15-16H,7-8,10-11H2,1-4H3,(H,22,26)/t15-,16+/m0/s1. The summed E-state index contributed by atoms with van der Waals surface area (Å²) in [6.07, 6.45) is -0.599. The SMILES string of the molecule is Cc1ccc(Cl)cc1N1C(=NC(=O)CCNC(=O)OC(C)(C)C)S[C@@H]2CS(=O)(=O)C[C@@H]21. The van der Waals surface area contributed by atoms with Gasteiger partial charge in [0.15, 0.2) is 15.0 Å². The minimum atomic E-state index is -3.16. The predicted octanol–water partition coefficient (Wildman–Crippen LogP) is 3.16. The van der Waals surface area contributed by atoms with E-state index in [-0.39, 0.29) is 35.8 Å². The fourth-order valence-electron chi connectivity index (χ4n) is 3.44. The second-order valence-electron chi connectivity index (χ2n) is 8.57. The van der Waals surface area contributed by atoms with Gasteiger partial charge in [-0.2, -0.15) is 4.99 Å². The normalized spacial score (nSPS) is 23.6. The number of amidine groups is 1. The number of anilines is 1. The number of hydrogen-bond donors (Lipinski definition) is 1. The van der Waals surface area contributed by atoms with Gasteiger partial charge in [-0.1, -0.05) is 29.4 Å². The lowest BCUT2D eigenvalue weighted by Crippen LogP contribution is -2.38. The predicted molar refractivity (Wildman–Crippen MR) is 124 cm³/mol. The molecule has 2 fully saturated rings. The Labute approximate surface area is 191 Å². The fourth-order valence-corrected chi connectivity index (χ4v) is 7.53. The molecule has 2 saturated heterocycles. The third-order valence-corrected chi connectivity index (χ3v) is 8.17. The molecule has 8 nitrogen and oxygen atoms in total. The zero-order valence-electron chi connectivity index (χ0n) is 17.8. The smallest absolute Gasteiger partial charge is 0.407 e. The largest absolute Gasteiger partial charge is 0.444 e. The maximum Gasteiger partial charge on any atom is 0.407 e. The monoisotopic (exact) mass is 487 g/mol. The summed E-state index contributed by atoms with van der Waals surface area (Å²) in [5.74, 6) is -0.360. The first-order valence-electron chi connectivity index (χ1n) is 9.85. The van der Waals surface area contributed by atoms with E-state index in [4.69, 9.17) is 16.3 Å². The van der Waals surface area contributed by atoms with Crippen LogP contribution in [0, 0.1) is 6.92 Å². The lowest BCUT2D eigenvalue weighted by atomic mass is 10.1. The number of thioether (sulfide) groups is 1. The molecule has 0 unspecified atom stereocenters. The maximum absolute atomic E-state index is 12.5. The van der Waals surface area contributed by atoms with Gasteiger partial charge in [-0.05, 0) is 45.4 Å². The number of ether oxygens (including phenoxy) is 1. The molecule has 2 atom stereocenters. The summed E-state index contributed by atoms with van der Waals surface area (Å²) in [7, 11) is -3.16. The molecule has 2 aliphatic heterocycles. The molecule has 3 rings (SSSR count). The first-order chi connectivity index (χ1) is 14.3. The van der Waals surface area contributed by atoms with Crippen molar-refractivity contribution in [3.8, 4) is 0 Å². The molecule has 0 aromatic heterocycles. The first-order valence-corrected chi connectivity index (χ1v) is 12.9. The Morgan fingerprint density at radius 2 is 2.03 bits per heavy atom. The molecule has 2 aliphatic rings. The molecule has 2 amide bonds. The van der Waals surface area contributed by atoms with Crippen LogP contribution in [0.5, 0.6) is 0 Å². The summed E-state index contributed by atoms with van der Waals surface area (Å²) in [6, 6.07) is 5.06. The van der Waals surface area contributed by atoms with Gasteiger partial charge >= 0.3 is 6.09 Å². The van der Waals surface area contributed by atoms with Crippen molar-refractivity contribution < 1.29 is 22.7 Å². The summed E-state index contributed by atoms with van der Waals surface area (Å²) in [4.78, 5) is 30.3. The van der Waals surface area contributed by atoms with E-state index >= 15 is 0 Å². The molecule has 0 aliphatic carbocycles. The van der Waals surface area contributed by atoms with Crippen molar-refractivity contribution in [1.82, 2.24) is 5.32 Å². The molecular formula is C20H26ClN3O5S2. The van der Waals surface area contributed by atoms with Gasteiger partial charge < -0.3 is 15.0 Å². The lowest BCUT2D eigenvalue weighted by molar-refractivity contribution is -0.117. The number of rotatable bonds is 4. The number of halogens is 1. The van der Waals surface area contributed by atoms with Gasteiger partial charge in [0.25, 0.3) is 0 Å². The van der Waals surface area contributed by atoms with Crippen LogP contribution in [0.2, 0.25) is 5.02 Å². The van der Waals surface area contributed by atoms with Crippen molar-refractivity contribution in [3.05, 3.63) is 28.8 Å². The van der Waals surface area contributed by atoms with Crippen molar-refractivity contribution in [2.45, 2.75) is 51.0 Å². The van der Waals surface area contributed by atoms with Crippen LogP contribution in [0.25, 0.3) is 0 Å². The summed E-state index contributed by atoms with van der Waals surface area (Å²) in [6.45, 7) is 7.25. The molecule has 170 valence electrons. The molecule has 0 saturated carbocycles. The number of aliphatic imine (C=N–C) groups is 1. The molecule has 1 N–H and O–H groups in total. The van der Waals surface area contributed by atoms with E-state index in [1.807, 2.05) is 17.9 Å². The number of nitrogens with one attached hydrogen (secondary N) is 1. The summed E-state index contributed by atoms with van der Waals surface area (Å²) >= 11 is 7.48. The van der Waals surface area contributed by atoms with E-state index < -0.39 is 27.4 Å². The van der Waals surface area contributed by atoms with Crippen molar-refractivity contribution in [2.24, 2.45) is 4.99 Å². The molecule has 1 aromatic rings. The highest BCUT2D eigenvalue weighted by Crippen LogP contribution is 2.42. The highest BCUT2D eigenvalue weighted by atomic mass is 35.5. The number of alkyl carbamates (subject to hydrolysis) is 1. The Balaban J connectivity index is 1.75. The Bertz CT molecular complexity index is 1020. The quantitative estimate of drug-likeness (QED) is 0.695. The Hall–Kier alpha value is -1.78. The van der Waals surface area contributed by atoms with Crippen LogP contribution in [0.4, 0.5) is 10.5 Å². The van der Waals surface area contributed by atoms with E-state index in [0.717, 1.165) is 11.3 Å². The van der Waals surface area contributed by atoms with Crippen LogP contribution in [0.3, 0.4) is 0 Å². The Kier molecular flexibility index (Phi) is 6.93. The minimum Gasteiger partial charge on any atom is -0.444 e. The van der Waals surface area contributed by atoms with Gasteiger partial charge in [0, 0.05) is 28.9 Å². The highest BCUT2D eigenvalue weighted by molar-refractivity contribution is 8.16. The maximum atomic E-state index is 12.5. The van der Waals surface area contributed by atoms with Crippen LogP contribution in [0.1, 0.15) is 32.8 Å². The van der Waals surface area contributed by atoms with Gasteiger partial charge in [-0.3, -0.25) is 4.79 Å². The minimum absolute atomic E-state index is 0.000692. The summed E-state index contributed by atoms with van der Waals surface area (Å²) in [5.41, 5.74) is 1.02. The molecule has 0 bridgehead atoms. The number of carbonyl (C=O) groups is 2. The number of sulfone groups is 1. The zero-order chi connectivity index (χ0) is 23.0. The van der Waals surface area contributed by atoms with E-state index in [9.17, 15) is 18.0 Å². The van der Waals surface area contributed by atoms with Crippen molar-refractivity contribution >= 4 is 56.1 Å². The van der Waals surface area contributed by atoms with Crippen LogP contribution < -0.4 is 10.2 Å². The van der Waals surface area contributed by atoms with Gasteiger partial charge in [-0.25, -0.2) is 13.2 Å². The molecular weight excluding hydrogens is 462 g/mol. The molecule has 31 heavy (non-hydrogen) atoms. The summed E-state index contributed by atoms with van der Waals surface area (Å²) < 4.78 is 29.5. The van der Waals surface area contributed by atoms with Crippen molar-refractivity contribution in [1.29, 1.82) is 0 Å². The zero-order valence-corrected chi connectivity index (χ0v) is 20.2. The van der Waals surface area contributed by atoms with Crippen LogP contribution in [0.15, 0.2) is 23.2 Å². The number of hydrogen-bond acceptors (Lipinski definition) is 6.